The van der Waals surface area contributed by atoms with E-state index in [0.29, 0.717) is 10.1 Å². The van der Waals surface area contributed by atoms with Crippen molar-refractivity contribution in [1.29, 1.82) is 0 Å². The summed E-state index contributed by atoms with van der Waals surface area (Å²) < 4.78 is 0. The minimum Gasteiger partial charge on any atom is -0.332 e. The topological polar surface area (TPSA) is 37.0 Å². The number of thiocarbonyl (C=S) groups is 1. The van der Waals surface area contributed by atoms with Gasteiger partial charge in [-0.05, 0) is 55.4 Å². The number of nitrogens with zero attached hydrogens (tertiary/aromatic N) is 1. The summed E-state index contributed by atoms with van der Waals surface area (Å²) in [4.78, 5) is 4.24. The van der Waals surface area contributed by atoms with Gasteiger partial charge in [0.1, 0.15) is 5.82 Å². The SMILES string of the molecule is Cc1ccc(Cl)cc1NC(=S)Nc1ncccc1C. The normalized spacial score (nSPS) is 10.1. The number of nitrogens with one attached hydrogen (secondary N) is 2. The van der Waals surface area contributed by atoms with Gasteiger partial charge in [0, 0.05) is 16.9 Å². The average Bonchev–Trinajstić information content (AvgIpc) is 2.37. The molecular formula is C14H14ClN3S. The number of hydrogen-bond donors (Lipinski definition) is 2. The van der Waals surface area contributed by atoms with Gasteiger partial charge in [-0.15, -0.1) is 0 Å². The Morgan fingerprint density at radius 1 is 1.16 bits per heavy atom. The van der Waals surface area contributed by atoms with Crippen LogP contribution < -0.4 is 10.6 Å². The van der Waals surface area contributed by atoms with Gasteiger partial charge in [-0.2, -0.15) is 0 Å². The molecule has 1 aromatic carbocycles. The van der Waals surface area contributed by atoms with E-state index in [1.807, 2.05) is 44.2 Å². The van der Waals surface area contributed by atoms with E-state index in [9.17, 15) is 0 Å². The Kier molecular flexibility index (Phi) is 4.35. The molecule has 0 saturated carbocycles. The van der Waals surface area contributed by atoms with Crippen LogP contribution in [0.25, 0.3) is 0 Å². The molecule has 3 nitrogen and oxygen atoms in total. The van der Waals surface area contributed by atoms with Crippen LogP contribution in [0.15, 0.2) is 36.5 Å². The van der Waals surface area contributed by atoms with Gasteiger partial charge in [0.15, 0.2) is 5.11 Å². The van der Waals surface area contributed by atoms with Gasteiger partial charge in [0.05, 0.1) is 0 Å². The summed E-state index contributed by atoms with van der Waals surface area (Å²) in [5.41, 5.74) is 3.00. The predicted molar refractivity (Wildman–Crippen MR) is 85.0 cm³/mol. The first-order valence-electron chi connectivity index (χ1n) is 5.82. The molecule has 2 rings (SSSR count). The third kappa shape index (κ3) is 3.66. The molecule has 98 valence electrons. The Bertz CT molecular complexity index is 613. The summed E-state index contributed by atoms with van der Waals surface area (Å²) in [6, 6.07) is 9.50. The molecule has 19 heavy (non-hydrogen) atoms. The van der Waals surface area contributed by atoms with Crippen molar-refractivity contribution >= 4 is 40.4 Å². The van der Waals surface area contributed by atoms with E-state index in [4.69, 9.17) is 23.8 Å². The molecule has 0 amide bonds. The van der Waals surface area contributed by atoms with Crippen LogP contribution >= 0.6 is 23.8 Å². The van der Waals surface area contributed by atoms with E-state index in [0.717, 1.165) is 22.6 Å². The summed E-state index contributed by atoms with van der Waals surface area (Å²) in [5, 5.41) is 7.36. The maximum atomic E-state index is 5.97. The first-order chi connectivity index (χ1) is 9.06. The second kappa shape index (κ2) is 5.99. The van der Waals surface area contributed by atoms with Crippen molar-refractivity contribution in [3.8, 4) is 0 Å². The highest BCUT2D eigenvalue weighted by molar-refractivity contribution is 7.80. The maximum absolute atomic E-state index is 5.97. The average molecular weight is 292 g/mol. The van der Waals surface area contributed by atoms with Crippen molar-refractivity contribution in [2.45, 2.75) is 13.8 Å². The smallest absolute Gasteiger partial charge is 0.176 e. The van der Waals surface area contributed by atoms with Gasteiger partial charge >= 0.3 is 0 Å². The molecule has 0 fully saturated rings. The number of aromatic nitrogens is 1. The number of rotatable bonds is 2. The molecule has 5 heteroatoms. The highest BCUT2D eigenvalue weighted by Gasteiger charge is 2.04. The molecule has 0 aliphatic rings. The van der Waals surface area contributed by atoms with E-state index < -0.39 is 0 Å². The first kappa shape index (κ1) is 13.8. The Morgan fingerprint density at radius 3 is 2.68 bits per heavy atom. The summed E-state index contributed by atoms with van der Waals surface area (Å²) in [7, 11) is 0. The standard InChI is InChI=1S/C14H14ClN3S/c1-9-5-6-11(15)8-12(9)17-14(19)18-13-10(2)4-3-7-16-13/h3-8H,1-2H3,(H2,16,17,18,19). The zero-order valence-corrected chi connectivity index (χ0v) is 12.3. The van der Waals surface area contributed by atoms with Crippen molar-refractivity contribution in [2.75, 3.05) is 10.6 Å². The van der Waals surface area contributed by atoms with Gasteiger partial charge in [0.2, 0.25) is 0 Å². The molecule has 2 N–H and O–H groups in total. The Labute approximate surface area is 123 Å². The van der Waals surface area contributed by atoms with E-state index in [1.54, 1.807) is 6.20 Å². The quantitative estimate of drug-likeness (QED) is 0.815. The molecule has 0 radical (unpaired) electrons. The lowest BCUT2D eigenvalue weighted by Gasteiger charge is -2.13. The number of halogens is 1. The zero-order valence-electron chi connectivity index (χ0n) is 10.7. The first-order valence-corrected chi connectivity index (χ1v) is 6.60. The van der Waals surface area contributed by atoms with Crippen LogP contribution in [0.3, 0.4) is 0 Å². The lowest BCUT2D eigenvalue weighted by atomic mass is 10.2. The number of benzene rings is 1. The van der Waals surface area contributed by atoms with E-state index in [-0.39, 0.29) is 0 Å². The number of aryl methyl sites for hydroxylation is 2. The van der Waals surface area contributed by atoms with Crippen LogP contribution in [0.5, 0.6) is 0 Å². The van der Waals surface area contributed by atoms with Crippen molar-refractivity contribution in [3.63, 3.8) is 0 Å². The molecule has 0 aliphatic carbocycles. The monoisotopic (exact) mass is 291 g/mol. The Hall–Kier alpha value is -1.65. The van der Waals surface area contributed by atoms with Crippen molar-refractivity contribution in [2.24, 2.45) is 0 Å². The molecule has 1 heterocycles. The second-order valence-electron chi connectivity index (χ2n) is 4.21. The van der Waals surface area contributed by atoms with Crippen LogP contribution in [0.1, 0.15) is 11.1 Å². The van der Waals surface area contributed by atoms with Gasteiger partial charge in [-0.3, -0.25) is 0 Å². The lowest BCUT2D eigenvalue weighted by Crippen LogP contribution is -2.20. The van der Waals surface area contributed by atoms with Crippen molar-refractivity contribution < 1.29 is 0 Å². The lowest BCUT2D eigenvalue weighted by molar-refractivity contribution is 1.27. The fraction of sp³-hybridized carbons (Fsp3) is 0.143. The predicted octanol–water partition coefficient (Wildman–Crippen LogP) is 4.16. The fourth-order valence-electron chi connectivity index (χ4n) is 1.61. The molecule has 0 spiro atoms. The Balaban J connectivity index is 2.10. The largest absolute Gasteiger partial charge is 0.332 e. The Morgan fingerprint density at radius 2 is 1.95 bits per heavy atom. The van der Waals surface area contributed by atoms with Crippen molar-refractivity contribution in [3.05, 3.63) is 52.7 Å². The van der Waals surface area contributed by atoms with Gasteiger partial charge in [0.25, 0.3) is 0 Å². The third-order valence-corrected chi connectivity index (χ3v) is 3.13. The summed E-state index contributed by atoms with van der Waals surface area (Å²) >= 11 is 11.2. The maximum Gasteiger partial charge on any atom is 0.176 e. The van der Waals surface area contributed by atoms with Crippen LogP contribution in [0, 0.1) is 13.8 Å². The molecule has 0 aliphatic heterocycles. The highest BCUT2D eigenvalue weighted by Crippen LogP contribution is 2.20. The molecule has 2 aromatic rings. The van der Waals surface area contributed by atoms with E-state index in [2.05, 4.69) is 15.6 Å². The number of pyridine rings is 1. The summed E-state index contributed by atoms with van der Waals surface area (Å²) in [6.07, 6.45) is 1.72. The molecule has 0 saturated heterocycles. The molecule has 0 atom stereocenters. The molecular weight excluding hydrogens is 278 g/mol. The van der Waals surface area contributed by atoms with Crippen LogP contribution in [0.4, 0.5) is 11.5 Å². The van der Waals surface area contributed by atoms with Crippen LogP contribution in [0.2, 0.25) is 5.02 Å². The fourth-order valence-corrected chi connectivity index (χ4v) is 1.99. The third-order valence-electron chi connectivity index (χ3n) is 2.69. The van der Waals surface area contributed by atoms with E-state index in [1.165, 1.54) is 0 Å². The molecule has 0 bridgehead atoms. The zero-order chi connectivity index (χ0) is 13.8. The highest BCUT2D eigenvalue weighted by atomic mass is 35.5. The minimum absolute atomic E-state index is 0.493. The summed E-state index contributed by atoms with van der Waals surface area (Å²) in [5.74, 6) is 0.750. The summed E-state index contributed by atoms with van der Waals surface area (Å²) in [6.45, 7) is 3.97. The van der Waals surface area contributed by atoms with Crippen LogP contribution in [-0.2, 0) is 0 Å². The van der Waals surface area contributed by atoms with Crippen LogP contribution in [-0.4, -0.2) is 10.1 Å². The number of hydrogen-bond acceptors (Lipinski definition) is 2. The van der Waals surface area contributed by atoms with Gasteiger partial charge < -0.3 is 10.6 Å². The number of anilines is 2. The van der Waals surface area contributed by atoms with Gasteiger partial charge in [-0.25, -0.2) is 4.98 Å². The van der Waals surface area contributed by atoms with Crippen molar-refractivity contribution in [1.82, 2.24) is 4.98 Å². The second-order valence-corrected chi connectivity index (χ2v) is 5.05. The minimum atomic E-state index is 0.493. The molecule has 0 unspecified atom stereocenters. The molecule has 1 aromatic heterocycles. The van der Waals surface area contributed by atoms with Gasteiger partial charge in [-0.1, -0.05) is 23.7 Å². The van der Waals surface area contributed by atoms with E-state index >= 15 is 0 Å².